The molecule has 0 aromatic heterocycles. The quantitative estimate of drug-likeness (QED) is 0.812. The van der Waals surface area contributed by atoms with Crippen LogP contribution in [0.1, 0.15) is 25.7 Å². The zero-order chi connectivity index (χ0) is 13.1. The minimum absolute atomic E-state index is 0.0684. The fourth-order valence-electron chi connectivity index (χ4n) is 3.47. The van der Waals surface area contributed by atoms with Crippen LogP contribution in [0.15, 0.2) is 0 Å². The number of rotatable bonds is 2. The van der Waals surface area contributed by atoms with E-state index in [2.05, 4.69) is 15.1 Å². The minimum Gasteiger partial charge on any atom is -0.340 e. The zero-order valence-corrected chi connectivity index (χ0v) is 12.5. The fourth-order valence-corrected chi connectivity index (χ4v) is 4.39. The van der Waals surface area contributed by atoms with Crippen LogP contribution in [-0.2, 0) is 4.79 Å². The Hall–Kier alpha value is -0.260. The Morgan fingerprint density at radius 3 is 2.74 bits per heavy atom. The summed E-state index contributed by atoms with van der Waals surface area (Å²) in [6.45, 7) is 5.38. The first-order valence-corrected chi connectivity index (χ1v) is 8.84. The molecule has 0 spiro atoms. The monoisotopic (exact) mass is 283 g/mol. The van der Waals surface area contributed by atoms with E-state index in [4.69, 9.17) is 0 Å². The van der Waals surface area contributed by atoms with Crippen molar-refractivity contribution < 1.29 is 4.79 Å². The number of carbonyl (C=O) groups excluding carboxylic acids is 1. The molecule has 5 heteroatoms. The first-order valence-electron chi connectivity index (χ1n) is 7.68. The van der Waals surface area contributed by atoms with Crippen LogP contribution in [0.5, 0.6) is 0 Å². The number of nitrogens with zero attached hydrogens (tertiary/aromatic N) is 2. The predicted molar refractivity (Wildman–Crippen MR) is 79.5 cm³/mol. The summed E-state index contributed by atoms with van der Waals surface area (Å²) in [5.41, 5.74) is 0. The summed E-state index contributed by atoms with van der Waals surface area (Å²) in [5.74, 6) is 2.43. The Kier molecular flexibility index (Phi) is 4.66. The lowest BCUT2D eigenvalue weighted by atomic mass is 10.1. The van der Waals surface area contributed by atoms with Gasteiger partial charge >= 0.3 is 0 Å². The molecule has 0 saturated carbocycles. The first-order chi connectivity index (χ1) is 9.34. The maximum absolute atomic E-state index is 12.5. The summed E-state index contributed by atoms with van der Waals surface area (Å²) < 4.78 is 0. The molecular formula is C14H25N3OS. The molecular weight excluding hydrogens is 258 g/mol. The van der Waals surface area contributed by atoms with Crippen molar-refractivity contribution in [1.82, 2.24) is 15.1 Å². The highest BCUT2D eigenvalue weighted by molar-refractivity contribution is 7.99. The summed E-state index contributed by atoms with van der Waals surface area (Å²) in [5, 5.41) is 3.36. The molecule has 0 bridgehead atoms. The van der Waals surface area contributed by atoms with Crippen LogP contribution >= 0.6 is 11.8 Å². The summed E-state index contributed by atoms with van der Waals surface area (Å²) in [7, 11) is 0. The second kappa shape index (κ2) is 6.46. The van der Waals surface area contributed by atoms with Crippen molar-refractivity contribution in [1.29, 1.82) is 0 Å². The van der Waals surface area contributed by atoms with E-state index in [0.29, 0.717) is 11.9 Å². The number of thioether (sulfide) groups is 1. The van der Waals surface area contributed by atoms with Crippen molar-refractivity contribution in [3.8, 4) is 0 Å². The maximum Gasteiger partial charge on any atom is 0.240 e. The number of carbonyl (C=O) groups is 1. The van der Waals surface area contributed by atoms with Crippen LogP contribution in [0.4, 0.5) is 0 Å². The van der Waals surface area contributed by atoms with Crippen LogP contribution in [0, 0.1) is 0 Å². The van der Waals surface area contributed by atoms with Crippen LogP contribution in [0.3, 0.4) is 0 Å². The number of likely N-dealkylation sites (tertiary alicyclic amines) is 2. The van der Waals surface area contributed by atoms with Gasteiger partial charge in [0.1, 0.15) is 0 Å². The van der Waals surface area contributed by atoms with E-state index in [0.717, 1.165) is 31.1 Å². The van der Waals surface area contributed by atoms with E-state index in [1.54, 1.807) is 0 Å². The molecule has 0 aromatic carbocycles. The van der Waals surface area contributed by atoms with Gasteiger partial charge < -0.3 is 10.2 Å². The molecule has 0 aromatic rings. The third kappa shape index (κ3) is 3.26. The average Bonchev–Trinajstić information content (AvgIpc) is 2.98. The number of piperidine rings is 1. The highest BCUT2D eigenvalue weighted by atomic mass is 32.2. The Morgan fingerprint density at radius 1 is 1.16 bits per heavy atom. The molecule has 3 heterocycles. The van der Waals surface area contributed by atoms with Gasteiger partial charge in [0, 0.05) is 37.2 Å². The van der Waals surface area contributed by atoms with Gasteiger partial charge in [-0.05, 0) is 32.4 Å². The molecule has 1 N–H and O–H groups in total. The summed E-state index contributed by atoms with van der Waals surface area (Å²) in [4.78, 5) is 17.2. The average molecular weight is 283 g/mol. The lowest BCUT2D eigenvalue weighted by molar-refractivity contribution is -0.132. The molecule has 2 unspecified atom stereocenters. The van der Waals surface area contributed by atoms with E-state index >= 15 is 0 Å². The first kappa shape index (κ1) is 13.7. The van der Waals surface area contributed by atoms with Crippen molar-refractivity contribution >= 4 is 17.7 Å². The number of amides is 1. The summed E-state index contributed by atoms with van der Waals surface area (Å²) in [6, 6.07) is 0.694. The SMILES string of the molecule is O=C(C1CSCCN1)N1CCC(N2CCCCC2)C1. The fraction of sp³-hybridized carbons (Fsp3) is 0.929. The summed E-state index contributed by atoms with van der Waals surface area (Å²) in [6.07, 6.45) is 5.23. The maximum atomic E-state index is 12.5. The smallest absolute Gasteiger partial charge is 0.240 e. The van der Waals surface area contributed by atoms with E-state index in [1.807, 2.05) is 11.8 Å². The van der Waals surface area contributed by atoms with Crippen molar-refractivity contribution in [2.75, 3.05) is 44.2 Å². The van der Waals surface area contributed by atoms with Gasteiger partial charge in [-0.2, -0.15) is 11.8 Å². The summed E-state index contributed by atoms with van der Waals surface area (Å²) >= 11 is 1.90. The molecule has 2 atom stereocenters. The van der Waals surface area contributed by atoms with Crippen molar-refractivity contribution in [3.05, 3.63) is 0 Å². The molecule has 3 aliphatic rings. The van der Waals surface area contributed by atoms with Gasteiger partial charge in [0.2, 0.25) is 5.91 Å². The molecule has 0 aliphatic carbocycles. The molecule has 3 rings (SSSR count). The van der Waals surface area contributed by atoms with E-state index < -0.39 is 0 Å². The normalized spacial score (nSPS) is 33.6. The zero-order valence-electron chi connectivity index (χ0n) is 11.6. The number of hydrogen-bond donors (Lipinski definition) is 1. The molecule has 108 valence electrons. The third-order valence-electron chi connectivity index (χ3n) is 4.60. The molecule has 3 aliphatic heterocycles. The van der Waals surface area contributed by atoms with Gasteiger partial charge in [0.25, 0.3) is 0 Å². The minimum atomic E-state index is 0.0684. The topological polar surface area (TPSA) is 35.6 Å². The molecule has 0 radical (unpaired) electrons. The molecule has 19 heavy (non-hydrogen) atoms. The molecule has 4 nitrogen and oxygen atoms in total. The van der Waals surface area contributed by atoms with Gasteiger partial charge in [0.15, 0.2) is 0 Å². The predicted octanol–water partition coefficient (Wildman–Crippen LogP) is 0.778. The van der Waals surface area contributed by atoms with E-state index in [-0.39, 0.29) is 6.04 Å². The Labute approximate surface area is 120 Å². The second-order valence-corrected chi connectivity index (χ2v) is 7.05. The highest BCUT2D eigenvalue weighted by Crippen LogP contribution is 2.21. The lowest BCUT2D eigenvalue weighted by Gasteiger charge is -2.32. The number of nitrogens with one attached hydrogen (secondary N) is 1. The van der Waals surface area contributed by atoms with E-state index in [1.165, 1.54) is 38.8 Å². The Balaban J connectivity index is 1.51. The van der Waals surface area contributed by atoms with Crippen molar-refractivity contribution in [2.45, 2.75) is 37.8 Å². The molecule has 3 saturated heterocycles. The van der Waals surface area contributed by atoms with E-state index in [9.17, 15) is 4.79 Å². The van der Waals surface area contributed by atoms with Crippen LogP contribution in [0.25, 0.3) is 0 Å². The van der Waals surface area contributed by atoms with Gasteiger partial charge in [0.05, 0.1) is 6.04 Å². The van der Waals surface area contributed by atoms with Gasteiger partial charge in [-0.1, -0.05) is 6.42 Å². The van der Waals surface area contributed by atoms with Crippen LogP contribution < -0.4 is 5.32 Å². The number of hydrogen-bond acceptors (Lipinski definition) is 4. The van der Waals surface area contributed by atoms with Crippen LogP contribution in [0.2, 0.25) is 0 Å². The Bertz CT molecular complexity index is 314. The largest absolute Gasteiger partial charge is 0.340 e. The second-order valence-electron chi connectivity index (χ2n) is 5.91. The standard InChI is InChI=1S/C14H25N3OS/c18-14(13-11-19-9-5-15-13)17-8-4-12(10-17)16-6-2-1-3-7-16/h12-13,15H,1-11H2. The van der Waals surface area contributed by atoms with Crippen molar-refractivity contribution in [3.63, 3.8) is 0 Å². The van der Waals surface area contributed by atoms with Gasteiger partial charge in [-0.3, -0.25) is 9.69 Å². The molecule has 1 amide bonds. The highest BCUT2D eigenvalue weighted by Gasteiger charge is 2.34. The van der Waals surface area contributed by atoms with Crippen molar-refractivity contribution in [2.24, 2.45) is 0 Å². The van der Waals surface area contributed by atoms with Gasteiger partial charge in [-0.15, -0.1) is 0 Å². The third-order valence-corrected chi connectivity index (χ3v) is 5.66. The Morgan fingerprint density at radius 2 is 2.00 bits per heavy atom. The lowest BCUT2D eigenvalue weighted by Crippen LogP contribution is -2.50. The molecule has 3 fully saturated rings. The van der Waals surface area contributed by atoms with Crippen LogP contribution in [-0.4, -0.2) is 72.0 Å². The van der Waals surface area contributed by atoms with Gasteiger partial charge in [-0.25, -0.2) is 0 Å².